The summed E-state index contributed by atoms with van der Waals surface area (Å²) < 4.78 is 11.7. The number of rotatable bonds is 10. The highest BCUT2D eigenvalue weighted by Crippen LogP contribution is 2.33. The molecule has 1 rings (SSSR count). The smallest absolute Gasteiger partial charge is 0.143 e. The van der Waals surface area contributed by atoms with Gasteiger partial charge in [0.2, 0.25) is 0 Å². The molecule has 0 aliphatic heterocycles. The Kier molecular flexibility index (Phi) is 9.46. The third kappa shape index (κ3) is 7.04. The lowest BCUT2D eigenvalue weighted by Crippen LogP contribution is -2.15. The summed E-state index contributed by atoms with van der Waals surface area (Å²) in [5.74, 6) is 0.238. The molecule has 20 heavy (non-hydrogen) atoms. The van der Waals surface area contributed by atoms with Crippen LogP contribution in [0.1, 0.15) is 18.4 Å². The van der Waals surface area contributed by atoms with Crippen LogP contribution in [0.25, 0.3) is 0 Å². The highest BCUT2D eigenvalue weighted by Gasteiger charge is 2.05. The normalized spacial score (nSPS) is 10.9. The van der Waals surface area contributed by atoms with E-state index >= 15 is 0 Å². The van der Waals surface area contributed by atoms with E-state index in [1.807, 2.05) is 12.1 Å². The average Bonchev–Trinajstić information content (AvgIpc) is 2.43. The Balaban J connectivity index is 2.10. The Morgan fingerprint density at radius 3 is 2.45 bits per heavy atom. The molecule has 0 saturated carbocycles. The molecule has 0 radical (unpaired) electrons. The quantitative estimate of drug-likeness (QED) is 0.580. The lowest BCUT2D eigenvalue weighted by Gasteiger charge is -2.08. The van der Waals surface area contributed by atoms with Gasteiger partial charge in [-0.1, -0.05) is 0 Å². The van der Waals surface area contributed by atoms with Crippen molar-refractivity contribution in [1.82, 2.24) is 5.32 Å². The molecule has 0 spiro atoms. The molecule has 114 valence electrons. The molecule has 0 unspecified atom stereocenters. The summed E-state index contributed by atoms with van der Waals surface area (Å²) in [6, 6.07) is 3.84. The molecule has 0 aliphatic carbocycles. The van der Waals surface area contributed by atoms with E-state index in [9.17, 15) is 5.11 Å². The molecule has 1 aromatic rings. The number of halogens is 2. The van der Waals surface area contributed by atoms with Crippen molar-refractivity contribution in [2.24, 2.45) is 0 Å². The number of hydrogen-bond donors (Lipinski definition) is 2. The molecule has 0 amide bonds. The van der Waals surface area contributed by atoms with E-state index in [-0.39, 0.29) is 5.75 Å². The fourth-order valence-electron chi connectivity index (χ4n) is 1.65. The summed E-state index contributed by atoms with van der Waals surface area (Å²) in [4.78, 5) is 0. The van der Waals surface area contributed by atoms with E-state index in [1.54, 1.807) is 7.11 Å². The van der Waals surface area contributed by atoms with Gasteiger partial charge in [0, 0.05) is 20.3 Å². The highest BCUT2D eigenvalue weighted by molar-refractivity contribution is 9.11. The van der Waals surface area contributed by atoms with Crippen LogP contribution >= 0.6 is 31.9 Å². The van der Waals surface area contributed by atoms with Gasteiger partial charge in [0.1, 0.15) is 5.75 Å². The molecule has 1 aromatic carbocycles. The van der Waals surface area contributed by atoms with E-state index in [1.165, 1.54) is 0 Å². The fraction of sp³-hybridized carbons (Fsp3) is 0.571. The molecule has 0 heterocycles. The van der Waals surface area contributed by atoms with Gasteiger partial charge in [-0.2, -0.15) is 0 Å². The van der Waals surface area contributed by atoms with Crippen LogP contribution in [0.2, 0.25) is 0 Å². The van der Waals surface area contributed by atoms with E-state index in [4.69, 9.17) is 9.47 Å². The van der Waals surface area contributed by atoms with Crippen molar-refractivity contribution in [3.8, 4) is 5.75 Å². The van der Waals surface area contributed by atoms with Crippen LogP contribution in [0.5, 0.6) is 5.75 Å². The minimum absolute atomic E-state index is 0.238. The van der Waals surface area contributed by atoms with Gasteiger partial charge in [0.25, 0.3) is 0 Å². The molecule has 0 aromatic heterocycles. The zero-order valence-electron chi connectivity index (χ0n) is 11.6. The molecule has 0 bridgehead atoms. The number of unbranched alkanes of at least 4 members (excludes halogenated alkanes) is 1. The first-order chi connectivity index (χ1) is 9.65. The molecule has 0 atom stereocenters. The number of nitrogens with one attached hydrogen (secondary N) is 1. The molecule has 0 saturated heterocycles. The number of phenols is 1. The number of aromatic hydroxyl groups is 1. The van der Waals surface area contributed by atoms with Gasteiger partial charge in [0.05, 0.1) is 22.2 Å². The second-order valence-electron chi connectivity index (χ2n) is 4.40. The lowest BCUT2D eigenvalue weighted by atomic mass is 10.2. The minimum Gasteiger partial charge on any atom is -0.506 e. The van der Waals surface area contributed by atoms with Crippen LogP contribution in [0.15, 0.2) is 21.1 Å². The van der Waals surface area contributed by atoms with Gasteiger partial charge in [-0.05, 0) is 68.9 Å². The molecular weight excluding hydrogens is 390 g/mol. The standard InChI is InChI=1S/C14H21Br2NO3/c1-19-6-7-20-5-3-2-4-17-10-11-8-12(15)14(18)13(16)9-11/h8-9,17-18H,2-7,10H2,1H3. The first kappa shape index (κ1) is 17.9. The predicted molar refractivity (Wildman–Crippen MR) is 87.1 cm³/mol. The maximum atomic E-state index is 9.62. The third-order valence-corrected chi connectivity index (χ3v) is 3.94. The van der Waals surface area contributed by atoms with Crippen molar-refractivity contribution in [3.63, 3.8) is 0 Å². The van der Waals surface area contributed by atoms with Gasteiger partial charge in [0.15, 0.2) is 0 Å². The van der Waals surface area contributed by atoms with E-state index in [0.29, 0.717) is 22.2 Å². The van der Waals surface area contributed by atoms with Crippen molar-refractivity contribution in [1.29, 1.82) is 0 Å². The summed E-state index contributed by atoms with van der Waals surface area (Å²) in [5, 5.41) is 13.0. The van der Waals surface area contributed by atoms with Gasteiger partial charge in [-0.25, -0.2) is 0 Å². The molecule has 0 aliphatic rings. The maximum Gasteiger partial charge on any atom is 0.143 e. The van der Waals surface area contributed by atoms with Crippen LogP contribution < -0.4 is 5.32 Å². The Bertz CT molecular complexity index is 379. The van der Waals surface area contributed by atoms with Crippen molar-refractivity contribution in [3.05, 3.63) is 26.6 Å². The number of methoxy groups -OCH3 is 1. The topological polar surface area (TPSA) is 50.7 Å². The Hall–Kier alpha value is -0.140. The van der Waals surface area contributed by atoms with Crippen LogP contribution in [-0.4, -0.2) is 38.6 Å². The summed E-state index contributed by atoms with van der Waals surface area (Å²) in [5.41, 5.74) is 1.12. The maximum absolute atomic E-state index is 9.62. The Labute approximate surface area is 137 Å². The second-order valence-corrected chi connectivity index (χ2v) is 6.11. The van der Waals surface area contributed by atoms with Crippen LogP contribution in [0.3, 0.4) is 0 Å². The summed E-state index contributed by atoms with van der Waals surface area (Å²) >= 11 is 6.65. The molecule has 0 fully saturated rings. The van der Waals surface area contributed by atoms with Gasteiger partial charge >= 0.3 is 0 Å². The first-order valence-corrected chi connectivity index (χ1v) is 8.18. The summed E-state index contributed by atoms with van der Waals surface area (Å²) in [6.07, 6.45) is 2.12. The van der Waals surface area contributed by atoms with Crippen molar-refractivity contribution in [2.75, 3.05) is 33.5 Å². The number of hydrogen-bond acceptors (Lipinski definition) is 4. The van der Waals surface area contributed by atoms with Gasteiger partial charge in [-0.3, -0.25) is 0 Å². The molecular formula is C14H21Br2NO3. The van der Waals surface area contributed by atoms with Crippen LogP contribution in [0, 0.1) is 0 Å². The van der Waals surface area contributed by atoms with E-state index < -0.39 is 0 Å². The average molecular weight is 411 g/mol. The predicted octanol–water partition coefficient (Wildman–Crippen LogP) is 3.45. The SMILES string of the molecule is COCCOCCCCNCc1cc(Br)c(O)c(Br)c1. The largest absolute Gasteiger partial charge is 0.506 e. The lowest BCUT2D eigenvalue weighted by molar-refractivity contribution is 0.0688. The van der Waals surface area contributed by atoms with Gasteiger partial charge in [-0.15, -0.1) is 0 Å². The number of phenolic OH excluding ortho intramolecular Hbond substituents is 1. The van der Waals surface area contributed by atoms with Crippen LogP contribution in [0.4, 0.5) is 0 Å². The summed E-state index contributed by atoms with van der Waals surface area (Å²) in [7, 11) is 1.67. The third-order valence-electron chi connectivity index (χ3n) is 2.73. The minimum atomic E-state index is 0.238. The zero-order chi connectivity index (χ0) is 14.8. The number of benzene rings is 1. The first-order valence-electron chi connectivity index (χ1n) is 6.59. The molecule has 2 N–H and O–H groups in total. The van der Waals surface area contributed by atoms with Crippen molar-refractivity contribution >= 4 is 31.9 Å². The Morgan fingerprint density at radius 2 is 1.80 bits per heavy atom. The number of ether oxygens (including phenoxy) is 2. The fourth-order valence-corrected chi connectivity index (χ4v) is 2.93. The second kappa shape index (κ2) is 10.6. The Morgan fingerprint density at radius 1 is 1.10 bits per heavy atom. The van der Waals surface area contributed by atoms with Crippen molar-refractivity contribution in [2.45, 2.75) is 19.4 Å². The molecule has 4 nitrogen and oxygen atoms in total. The monoisotopic (exact) mass is 409 g/mol. The van der Waals surface area contributed by atoms with Crippen LogP contribution in [-0.2, 0) is 16.0 Å². The summed E-state index contributed by atoms with van der Waals surface area (Å²) in [6.45, 7) is 3.83. The van der Waals surface area contributed by atoms with Crippen molar-refractivity contribution < 1.29 is 14.6 Å². The van der Waals surface area contributed by atoms with E-state index in [2.05, 4.69) is 37.2 Å². The van der Waals surface area contributed by atoms with Gasteiger partial charge < -0.3 is 19.9 Å². The zero-order valence-corrected chi connectivity index (χ0v) is 14.8. The van der Waals surface area contributed by atoms with E-state index in [0.717, 1.165) is 38.1 Å². The molecule has 6 heteroatoms. The highest BCUT2D eigenvalue weighted by atomic mass is 79.9.